The number of nitrogens with two attached hydrogens (primary N) is 1. The topological polar surface area (TPSA) is 60.2 Å². The lowest BCUT2D eigenvalue weighted by atomic mass is 10.2. The van der Waals surface area contributed by atoms with E-state index in [0.717, 1.165) is 0 Å². The maximum Gasteiger partial charge on any atom is 0.154 e. The average Bonchev–Trinajstić information content (AvgIpc) is 2.19. The molecule has 0 atom stereocenters. The van der Waals surface area contributed by atoms with Gasteiger partial charge in [0.1, 0.15) is 0 Å². The molecule has 6 heteroatoms. The van der Waals surface area contributed by atoms with Gasteiger partial charge in [0.2, 0.25) is 0 Å². The lowest BCUT2D eigenvalue weighted by Gasteiger charge is -2.05. The summed E-state index contributed by atoms with van der Waals surface area (Å²) in [6.07, 6.45) is 0.210. The predicted molar refractivity (Wildman–Crippen MR) is 70.3 cm³/mol. The molecule has 0 heterocycles. The van der Waals surface area contributed by atoms with Gasteiger partial charge in [0.25, 0.3) is 0 Å². The van der Waals surface area contributed by atoms with Crippen LogP contribution in [0.2, 0.25) is 5.02 Å². The number of benzene rings is 1. The number of rotatable bonds is 5. The highest BCUT2D eigenvalue weighted by Crippen LogP contribution is 2.18. The highest BCUT2D eigenvalue weighted by Gasteiger charge is 2.14. The number of sulfone groups is 1. The highest BCUT2D eigenvalue weighted by molar-refractivity contribution is 7.90. The minimum Gasteiger partial charge on any atom is -0.393 e. The fourth-order valence-electron chi connectivity index (χ4n) is 1.18. The third-order valence-corrected chi connectivity index (χ3v) is 4.14. The first-order chi connectivity index (χ1) is 7.41. The Hall–Kier alpha value is -0.650. The Morgan fingerprint density at radius 3 is 2.56 bits per heavy atom. The number of thiocarbonyl (C=S) groups is 1. The monoisotopic (exact) mass is 277 g/mol. The van der Waals surface area contributed by atoms with Gasteiger partial charge >= 0.3 is 0 Å². The molecule has 0 unspecified atom stereocenters. The molecule has 0 bridgehead atoms. The molecule has 0 fully saturated rings. The molecule has 0 saturated carbocycles. The maximum absolute atomic E-state index is 11.7. The molecule has 0 aromatic heterocycles. The molecule has 1 rings (SSSR count). The molecule has 3 nitrogen and oxygen atoms in total. The van der Waals surface area contributed by atoms with Crippen LogP contribution in [-0.2, 0) is 15.6 Å². The number of hydrogen-bond donors (Lipinski definition) is 1. The normalized spacial score (nSPS) is 11.3. The third kappa shape index (κ3) is 4.47. The van der Waals surface area contributed by atoms with Crippen LogP contribution in [0, 0.1) is 0 Å². The zero-order valence-electron chi connectivity index (χ0n) is 8.52. The van der Waals surface area contributed by atoms with Crippen LogP contribution in [0.15, 0.2) is 24.3 Å². The molecular weight excluding hydrogens is 266 g/mol. The van der Waals surface area contributed by atoms with Crippen LogP contribution >= 0.6 is 23.8 Å². The van der Waals surface area contributed by atoms with Crippen molar-refractivity contribution in [2.45, 2.75) is 12.2 Å². The lowest BCUT2D eigenvalue weighted by molar-refractivity contribution is 0.595. The summed E-state index contributed by atoms with van der Waals surface area (Å²) in [6.45, 7) is 0. The molecule has 2 N–H and O–H groups in total. The second-order valence-corrected chi connectivity index (χ2v) is 6.52. The molecule has 0 spiro atoms. The van der Waals surface area contributed by atoms with E-state index in [1.165, 1.54) is 0 Å². The maximum atomic E-state index is 11.7. The van der Waals surface area contributed by atoms with E-state index in [2.05, 4.69) is 12.2 Å². The molecule has 0 saturated heterocycles. The average molecular weight is 278 g/mol. The van der Waals surface area contributed by atoms with Crippen molar-refractivity contribution in [2.24, 2.45) is 5.73 Å². The molecule has 1 aromatic carbocycles. The molecule has 1 aromatic rings. The summed E-state index contributed by atoms with van der Waals surface area (Å²) in [6, 6.07) is 6.87. The van der Waals surface area contributed by atoms with Gasteiger partial charge < -0.3 is 5.73 Å². The van der Waals surface area contributed by atoms with E-state index in [-0.39, 0.29) is 22.9 Å². The first-order valence-corrected chi connectivity index (χ1v) is 7.23. The Kier molecular flexibility index (Phi) is 4.70. The Balaban J connectivity index is 2.73. The van der Waals surface area contributed by atoms with E-state index in [9.17, 15) is 8.42 Å². The van der Waals surface area contributed by atoms with Crippen LogP contribution in [0.5, 0.6) is 0 Å². The SMILES string of the molecule is NC(=S)CCS(=O)(=O)Cc1ccccc1Cl. The first kappa shape index (κ1) is 13.4. The standard InChI is InChI=1S/C10H12ClNO2S2/c11-9-4-2-1-3-8(9)7-16(13,14)6-5-10(12)15/h1-4H,5-7H2,(H2,12,15). The zero-order valence-corrected chi connectivity index (χ0v) is 10.9. The Labute approximate surface area is 106 Å². The Bertz CT molecular complexity index is 485. The van der Waals surface area contributed by atoms with E-state index in [1.807, 2.05) is 0 Å². The van der Waals surface area contributed by atoms with Crippen molar-refractivity contribution < 1.29 is 8.42 Å². The second kappa shape index (κ2) is 5.61. The molecule has 0 radical (unpaired) electrons. The van der Waals surface area contributed by atoms with Crippen molar-refractivity contribution in [2.75, 3.05) is 5.75 Å². The fraction of sp³-hybridized carbons (Fsp3) is 0.300. The van der Waals surface area contributed by atoms with Crippen LogP contribution < -0.4 is 5.73 Å². The van der Waals surface area contributed by atoms with Gasteiger partial charge in [-0.3, -0.25) is 0 Å². The van der Waals surface area contributed by atoms with Crippen molar-refractivity contribution in [3.8, 4) is 0 Å². The Morgan fingerprint density at radius 1 is 1.38 bits per heavy atom. The van der Waals surface area contributed by atoms with Crippen LogP contribution in [-0.4, -0.2) is 19.2 Å². The molecule has 0 aliphatic rings. The van der Waals surface area contributed by atoms with E-state index in [0.29, 0.717) is 10.6 Å². The smallest absolute Gasteiger partial charge is 0.154 e. The van der Waals surface area contributed by atoms with Crippen molar-refractivity contribution in [1.29, 1.82) is 0 Å². The molecule has 88 valence electrons. The minimum absolute atomic E-state index is 0.0342. The third-order valence-electron chi connectivity index (χ3n) is 1.99. The zero-order chi connectivity index (χ0) is 12.2. The summed E-state index contributed by atoms with van der Waals surface area (Å²) in [5.74, 6) is -0.108. The lowest BCUT2D eigenvalue weighted by Crippen LogP contribution is -2.16. The van der Waals surface area contributed by atoms with Crippen LogP contribution in [0.25, 0.3) is 0 Å². The summed E-state index contributed by atoms with van der Waals surface area (Å²) < 4.78 is 23.4. The van der Waals surface area contributed by atoms with Gasteiger partial charge in [0.05, 0.1) is 16.5 Å². The van der Waals surface area contributed by atoms with Gasteiger partial charge in [-0.15, -0.1) is 0 Å². The Morgan fingerprint density at radius 2 is 2.00 bits per heavy atom. The molecule has 0 amide bonds. The van der Waals surface area contributed by atoms with Crippen molar-refractivity contribution >= 4 is 38.6 Å². The molecule has 0 aliphatic carbocycles. The summed E-state index contributed by atoms with van der Waals surface area (Å²) in [5, 5.41) is 0.460. The second-order valence-electron chi connectivity index (χ2n) is 3.40. The van der Waals surface area contributed by atoms with E-state index >= 15 is 0 Å². The minimum atomic E-state index is -3.20. The summed E-state index contributed by atoms with van der Waals surface area (Å²) in [5.41, 5.74) is 5.87. The quantitative estimate of drug-likeness (QED) is 0.836. The van der Waals surface area contributed by atoms with E-state index in [4.69, 9.17) is 17.3 Å². The van der Waals surface area contributed by atoms with E-state index < -0.39 is 9.84 Å². The van der Waals surface area contributed by atoms with Crippen molar-refractivity contribution in [3.05, 3.63) is 34.9 Å². The predicted octanol–water partition coefficient (Wildman–Crippen LogP) is 1.93. The van der Waals surface area contributed by atoms with Crippen molar-refractivity contribution in [1.82, 2.24) is 0 Å². The highest BCUT2D eigenvalue weighted by atomic mass is 35.5. The van der Waals surface area contributed by atoms with Crippen LogP contribution in [0.3, 0.4) is 0 Å². The van der Waals surface area contributed by atoms with Crippen LogP contribution in [0.4, 0.5) is 0 Å². The summed E-state index contributed by atoms with van der Waals surface area (Å²) in [4.78, 5) is 0.211. The van der Waals surface area contributed by atoms with Gasteiger partial charge in [-0.2, -0.15) is 0 Å². The largest absolute Gasteiger partial charge is 0.393 e. The number of halogens is 1. The number of hydrogen-bond acceptors (Lipinski definition) is 3. The molecule has 16 heavy (non-hydrogen) atoms. The van der Waals surface area contributed by atoms with Crippen LogP contribution in [0.1, 0.15) is 12.0 Å². The van der Waals surface area contributed by atoms with Gasteiger partial charge in [0, 0.05) is 11.4 Å². The van der Waals surface area contributed by atoms with Gasteiger partial charge in [-0.05, 0) is 11.6 Å². The van der Waals surface area contributed by atoms with Gasteiger partial charge in [-0.1, -0.05) is 42.0 Å². The molecule has 0 aliphatic heterocycles. The van der Waals surface area contributed by atoms with Gasteiger partial charge in [0.15, 0.2) is 9.84 Å². The fourth-order valence-corrected chi connectivity index (χ4v) is 3.09. The summed E-state index contributed by atoms with van der Waals surface area (Å²) in [7, 11) is -3.20. The first-order valence-electron chi connectivity index (χ1n) is 4.63. The van der Waals surface area contributed by atoms with Crippen molar-refractivity contribution in [3.63, 3.8) is 0 Å². The summed E-state index contributed by atoms with van der Waals surface area (Å²) >= 11 is 10.5. The molecular formula is C10H12ClNO2S2. The van der Waals surface area contributed by atoms with Gasteiger partial charge in [-0.25, -0.2) is 8.42 Å². The van der Waals surface area contributed by atoms with E-state index in [1.54, 1.807) is 24.3 Å².